The van der Waals surface area contributed by atoms with Gasteiger partial charge in [-0.1, -0.05) is 19.3 Å². The summed E-state index contributed by atoms with van der Waals surface area (Å²) >= 11 is 0. The lowest BCUT2D eigenvalue weighted by Crippen LogP contribution is -2.40. The summed E-state index contributed by atoms with van der Waals surface area (Å²) in [5, 5.41) is 1.21. The minimum absolute atomic E-state index is 0.190. The van der Waals surface area contributed by atoms with Crippen LogP contribution in [-0.4, -0.2) is 62.0 Å². The van der Waals surface area contributed by atoms with E-state index in [2.05, 4.69) is 61.1 Å². The van der Waals surface area contributed by atoms with Crippen molar-refractivity contribution in [2.75, 3.05) is 46.2 Å². The van der Waals surface area contributed by atoms with Gasteiger partial charge in [-0.25, -0.2) is 4.98 Å². The average Bonchev–Trinajstić information content (AvgIpc) is 3.21. The van der Waals surface area contributed by atoms with E-state index in [1.165, 1.54) is 55.0 Å². The Morgan fingerprint density at radius 3 is 2.32 bits per heavy atom. The summed E-state index contributed by atoms with van der Waals surface area (Å²) in [5.41, 5.74) is 5.16. The molecule has 5 nitrogen and oxygen atoms in total. The number of nitrogens with zero attached hydrogens (tertiary/aromatic N) is 4. The van der Waals surface area contributed by atoms with Gasteiger partial charge in [-0.05, 0) is 75.5 Å². The van der Waals surface area contributed by atoms with Gasteiger partial charge >= 0.3 is 0 Å². The Kier molecular flexibility index (Phi) is 6.80. The maximum absolute atomic E-state index is 13.5. The molecule has 0 spiro atoms. The predicted octanol–water partition coefficient (Wildman–Crippen LogP) is 4.26. The summed E-state index contributed by atoms with van der Waals surface area (Å²) in [6, 6.07) is 6.90. The molecule has 31 heavy (non-hydrogen) atoms. The lowest BCUT2D eigenvalue weighted by molar-refractivity contribution is -0.137. The number of hydrogen-bond acceptors (Lipinski definition) is 4. The van der Waals surface area contributed by atoms with Crippen molar-refractivity contribution in [1.29, 1.82) is 0 Å². The molecular weight excluding hydrogens is 384 g/mol. The lowest BCUT2D eigenvalue weighted by atomic mass is 9.88. The number of carbonyl (C=O) groups is 1. The zero-order chi connectivity index (χ0) is 22.0. The molecule has 1 saturated carbocycles. The Balaban J connectivity index is 1.66. The molecule has 2 aromatic rings. The predicted molar refractivity (Wildman–Crippen MR) is 129 cm³/mol. The van der Waals surface area contributed by atoms with E-state index < -0.39 is 0 Å². The van der Waals surface area contributed by atoms with Crippen LogP contribution in [0.15, 0.2) is 18.2 Å². The van der Waals surface area contributed by atoms with E-state index in [1.807, 2.05) is 0 Å². The van der Waals surface area contributed by atoms with Crippen LogP contribution in [0.5, 0.6) is 0 Å². The fourth-order valence-corrected chi connectivity index (χ4v) is 5.19. The molecule has 2 aliphatic rings. The smallest absolute Gasteiger partial charge is 0.226 e. The number of likely N-dealkylation sites (N-methyl/N-ethyl adjacent to an activating group) is 1. The van der Waals surface area contributed by atoms with Gasteiger partial charge in [-0.2, -0.15) is 0 Å². The van der Waals surface area contributed by atoms with Gasteiger partial charge in [-0.15, -0.1) is 0 Å². The zero-order valence-corrected chi connectivity index (χ0v) is 19.8. The van der Waals surface area contributed by atoms with Gasteiger partial charge in [0.15, 0.2) is 0 Å². The van der Waals surface area contributed by atoms with Gasteiger partial charge in [0.1, 0.15) is 5.82 Å². The van der Waals surface area contributed by atoms with Crippen LogP contribution in [-0.2, 0) is 24.2 Å². The quantitative estimate of drug-likeness (QED) is 0.668. The fraction of sp³-hybridized carbons (Fsp3) is 0.615. The van der Waals surface area contributed by atoms with E-state index in [9.17, 15) is 4.79 Å². The number of pyridine rings is 1. The summed E-state index contributed by atoms with van der Waals surface area (Å²) in [5.74, 6) is 1.51. The summed E-state index contributed by atoms with van der Waals surface area (Å²) in [6.45, 7) is 2.28. The lowest BCUT2D eigenvalue weighted by Gasteiger charge is -2.31. The monoisotopic (exact) mass is 422 g/mol. The second kappa shape index (κ2) is 9.56. The molecule has 0 bridgehead atoms. The zero-order valence-electron chi connectivity index (χ0n) is 19.8. The molecule has 168 valence electrons. The highest BCUT2D eigenvalue weighted by atomic mass is 16.2. The van der Waals surface area contributed by atoms with E-state index in [1.54, 1.807) is 0 Å². The number of hydrogen-bond donors (Lipinski definition) is 0. The van der Waals surface area contributed by atoms with Gasteiger partial charge in [0.25, 0.3) is 0 Å². The van der Waals surface area contributed by atoms with Crippen molar-refractivity contribution >= 4 is 22.6 Å². The van der Waals surface area contributed by atoms with Crippen LogP contribution in [0.2, 0.25) is 0 Å². The SMILES string of the molecule is CN(C)CCN(Cc1cc2cc3c(cc2nc1N(C)C)CCC3)C(=O)C1CCCCC1. The first-order valence-electron chi connectivity index (χ1n) is 12.0. The molecule has 1 amide bonds. The number of anilines is 1. The van der Waals surface area contributed by atoms with Gasteiger partial charge in [0.2, 0.25) is 5.91 Å². The molecule has 1 fully saturated rings. The van der Waals surface area contributed by atoms with Crippen LogP contribution in [0.4, 0.5) is 5.82 Å². The summed E-state index contributed by atoms with van der Waals surface area (Å²) in [6.07, 6.45) is 9.30. The van der Waals surface area contributed by atoms with Crippen LogP contribution >= 0.6 is 0 Å². The Labute approximate surface area is 187 Å². The molecule has 1 aromatic carbocycles. The molecule has 0 unspecified atom stereocenters. The normalized spacial score (nSPS) is 16.7. The third-order valence-corrected chi connectivity index (χ3v) is 6.95. The first-order valence-corrected chi connectivity index (χ1v) is 12.0. The molecule has 0 aliphatic heterocycles. The van der Waals surface area contributed by atoms with Gasteiger partial charge in [0.05, 0.1) is 5.52 Å². The van der Waals surface area contributed by atoms with Crippen LogP contribution in [0, 0.1) is 5.92 Å². The van der Waals surface area contributed by atoms with Gasteiger partial charge in [0, 0.05) is 50.6 Å². The maximum atomic E-state index is 13.5. The van der Waals surface area contributed by atoms with Crippen molar-refractivity contribution in [3.05, 3.63) is 34.9 Å². The van der Waals surface area contributed by atoms with Crippen LogP contribution in [0.3, 0.4) is 0 Å². The highest BCUT2D eigenvalue weighted by molar-refractivity contribution is 5.84. The number of aromatic nitrogens is 1. The summed E-state index contributed by atoms with van der Waals surface area (Å²) in [4.78, 5) is 24.9. The Morgan fingerprint density at radius 2 is 1.65 bits per heavy atom. The second-order valence-corrected chi connectivity index (χ2v) is 9.93. The number of benzene rings is 1. The Hall–Kier alpha value is -2.14. The first-order chi connectivity index (χ1) is 14.9. The van der Waals surface area contributed by atoms with Crippen molar-refractivity contribution in [2.24, 2.45) is 5.92 Å². The topological polar surface area (TPSA) is 39.7 Å². The number of rotatable bonds is 7. The molecule has 1 aromatic heterocycles. The second-order valence-electron chi connectivity index (χ2n) is 9.93. The molecule has 1 heterocycles. The number of fused-ring (bicyclic) bond motifs is 2. The molecule has 0 N–H and O–H groups in total. The van der Waals surface area contributed by atoms with E-state index in [0.717, 1.165) is 42.8 Å². The van der Waals surface area contributed by atoms with E-state index in [4.69, 9.17) is 4.98 Å². The van der Waals surface area contributed by atoms with Crippen LogP contribution < -0.4 is 4.90 Å². The van der Waals surface area contributed by atoms with Crippen LogP contribution in [0.1, 0.15) is 55.2 Å². The van der Waals surface area contributed by atoms with Crippen molar-refractivity contribution in [3.63, 3.8) is 0 Å². The first kappa shape index (κ1) is 22.1. The molecule has 2 aliphatic carbocycles. The molecule has 0 saturated heterocycles. The Morgan fingerprint density at radius 1 is 0.935 bits per heavy atom. The molecule has 0 radical (unpaired) electrons. The minimum Gasteiger partial charge on any atom is -0.362 e. The average molecular weight is 423 g/mol. The molecule has 5 heteroatoms. The number of amides is 1. The van der Waals surface area contributed by atoms with Gasteiger partial charge in [-0.3, -0.25) is 4.79 Å². The van der Waals surface area contributed by atoms with Crippen molar-refractivity contribution in [2.45, 2.75) is 57.9 Å². The largest absolute Gasteiger partial charge is 0.362 e. The summed E-state index contributed by atoms with van der Waals surface area (Å²) in [7, 11) is 8.26. The fourth-order valence-electron chi connectivity index (χ4n) is 5.19. The molecule has 0 atom stereocenters. The highest BCUT2D eigenvalue weighted by Crippen LogP contribution is 2.31. The van der Waals surface area contributed by atoms with Crippen molar-refractivity contribution in [3.8, 4) is 0 Å². The number of carbonyl (C=O) groups excluding carboxylic acids is 1. The third kappa shape index (κ3) is 5.03. The van der Waals surface area contributed by atoms with Crippen LogP contribution in [0.25, 0.3) is 10.9 Å². The van der Waals surface area contributed by atoms with Crippen molar-refractivity contribution < 1.29 is 4.79 Å². The van der Waals surface area contributed by atoms with E-state index in [-0.39, 0.29) is 5.92 Å². The molecule has 4 rings (SSSR count). The number of aryl methyl sites for hydroxylation is 2. The van der Waals surface area contributed by atoms with E-state index >= 15 is 0 Å². The standard InChI is InChI=1S/C26H38N4O/c1-28(2)13-14-30(26(31)19-9-6-5-7-10-19)18-23-16-22-15-20-11-8-12-21(20)17-24(22)27-25(23)29(3)4/h15-17,19H,5-14,18H2,1-4H3. The molecular formula is C26H38N4O. The van der Waals surface area contributed by atoms with E-state index in [0.29, 0.717) is 12.5 Å². The maximum Gasteiger partial charge on any atom is 0.226 e. The Bertz CT molecular complexity index is 931. The van der Waals surface area contributed by atoms with Crippen molar-refractivity contribution in [1.82, 2.24) is 14.8 Å². The highest BCUT2D eigenvalue weighted by Gasteiger charge is 2.27. The minimum atomic E-state index is 0.190. The van der Waals surface area contributed by atoms with Gasteiger partial charge < -0.3 is 14.7 Å². The third-order valence-electron chi connectivity index (χ3n) is 6.95. The summed E-state index contributed by atoms with van der Waals surface area (Å²) < 4.78 is 0.